The van der Waals surface area contributed by atoms with Gasteiger partial charge in [0.05, 0.1) is 11.2 Å². The first-order valence-electron chi connectivity index (χ1n) is 7.77. The van der Waals surface area contributed by atoms with Crippen molar-refractivity contribution in [3.05, 3.63) is 90.3 Å². The predicted molar refractivity (Wildman–Crippen MR) is 91.9 cm³/mol. The molecule has 0 amide bonds. The summed E-state index contributed by atoms with van der Waals surface area (Å²) < 4.78 is 11.9. The normalized spacial score (nSPS) is 12.2. The lowest BCUT2D eigenvalue weighted by Crippen LogP contribution is -2.10. The molecule has 0 fully saturated rings. The average Bonchev–Trinajstić information content (AvgIpc) is 3.06. The molecule has 118 valence electrons. The summed E-state index contributed by atoms with van der Waals surface area (Å²) in [6, 6.07) is 19.8. The molecule has 2 heterocycles. The van der Waals surface area contributed by atoms with Gasteiger partial charge < -0.3 is 9.15 Å². The maximum atomic E-state index is 6.27. The number of pyridine rings is 1. The Morgan fingerprint density at radius 2 is 1.83 bits per heavy atom. The summed E-state index contributed by atoms with van der Waals surface area (Å²) in [5, 5.41) is 1.04. The van der Waals surface area contributed by atoms with Crippen molar-refractivity contribution in [2.24, 2.45) is 0 Å². The van der Waals surface area contributed by atoms with Crippen LogP contribution >= 0.6 is 0 Å². The molecule has 4 rings (SSSR count). The number of aryl methyl sites for hydroxylation is 1. The Bertz CT molecular complexity index is 963. The Morgan fingerprint density at radius 3 is 2.62 bits per heavy atom. The van der Waals surface area contributed by atoms with Crippen LogP contribution in [0.3, 0.4) is 0 Å². The molecule has 1 atom stereocenters. The molecule has 0 spiro atoms. The molecular weight excluding hydrogens is 300 g/mol. The van der Waals surface area contributed by atoms with Crippen LogP contribution in [0.25, 0.3) is 10.9 Å². The molecule has 0 radical (unpaired) electrons. The fraction of sp³-hybridized carbons (Fsp3) is 0.100. The van der Waals surface area contributed by atoms with Crippen LogP contribution in [0.5, 0.6) is 5.75 Å². The van der Waals surface area contributed by atoms with Gasteiger partial charge in [0.2, 0.25) is 0 Å². The quantitative estimate of drug-likeness (QED) is 0.547. The minimum Gasteiger partial charge on any atom is -0.478 e. The Hall–Kier alpha value is -3.14. The zero-order chi connectivity index (χ0) is 16.4. The van der Waals surface area contributed by atoms with Gasteiger partial charge >= 0.3 is 0 Å². The number of oxazole rings is 1. The van der Waals surface area contributed by atoms with Crippen molar-refractivity contribution in [3.8, 4) is 5.75 Å². The van der Waals surface area contributed by atoms with E-state index in [1.165, 1.54) is 6.39 Å². The number of ether oxygens (including phenoxy) is 1. The molecule has 0 saturated heterocycles. The Kier molecular flexibility index (Phi) is 3.71. The predicted octanol–water partition coefficient (Wildman–Crippen LogP) is 4.70. The van der Waals surface area contributed by atoms with Crippen molar-refractivity contribution in [3.63, 3.8) is 0 Å². The van der Waals surface area contributed by atoms with Crippen LogP contribution in [0.2, 0.25) is 0 Å². The molecule has 0 bridgehead atoms. The lowest BCUT2D eigenvalue weighted by atomic mass is 10.1. The van der Waals surface area contributed by atoms with Gasteiger partial charge in [-0.1, -0.05) is 36.4 Å². The standard InChI is InChI=1S/C20H16N2O2/c1-14-19(23-13-22-14)20(15-6-3-2-4-7-15)24-17-9-10-18-16(12-17)8-5-11-21-18/h2-13,20H,1H3. The number of rotatable bonds is 4. The fourth-order valence-corrected chi connectivity index (χ4v) is 2.73. The van der Waals surface area contributed by atoms with Crippen molar-refractivity contribution in [2.45, 2.75) is 13.0 Å². The van der Waals surface area contributed by atoms with Crippen molar-refractivity contribution in [1.29, 1.82) is 0 Å². The summed E-state index contributed by atoms with van der Waals surface area (Å²) in [7, 11) is 0. The lowest BCUT2D eigenvalue weighted by Gasteiger charge is -2.18. The second-order valence-corrected chi connectivity index (χ2v) is 5.57. The molecule has 1 unspecified atom stereocenters. The van der Waals surface area contributed by atoms with Crippen molar-refractivity contribution in [1.82, 2.24) is 9.97 Å². The van der Waals surface area contributed by atoms with Crippen molar-refractivity contribution < 1.29 is 9.15 Å². The van der Waals surface area contributed by atoms with E-state index < -0.39 is 0 Å². The van der Waals surface area contributed by atoms with E-state index in [1.54, 1.807) is 6.20 Å². The second kappa shape index (κ2) is 6.16. The maximum absolute atomic E-state index is 6.27. The Morgan fingerprint density at radius 1 is 0.958 bits per heavy atom. The summed E-state index contributed by atoms with van der Waals surface area (Å²) in [5.41, 5.74) is 2.78. The van der Waals surface area contributed by atoms with E-state index in [0.29, 0.717) is 5.76 Å². The first kappa shape index (κ1) is 14.5. The third-order valence-corrected chi connectivity index (χ3v) is 3.95. The van der Waals surface area contributed by atoms with E-state index in [4.69, 9.17) is 9.15 Å². The zero-order valence-corrected chi connectivity index (χ0v) is 13.2. The van der Waals surface area contributed by atoms with Crippen LogP contribution in [0.15, 0.2) is 77.7 Å². The van der Waals surface area contributed by atoms with Crippen LogP contribution < -0.4 is 4.74 Å². The highest BCUT2D eigenvalue weighted by atomic mass is 16.5. The Balaban J connectivity index is 1.75. The summed E-state index contributed by atoms with van der Waals surface area (Å²) >= 11 is 0. The second-order valence-electron chi connectivity index (χ2n) is 5.57. The van der Waals surface area contributed by atoms with Crippen LogP contribution in [-0.4, -0.2) is 9.97 Å². The lowest BCUT2D eigenvalue weighted by molar-refractivity contribution is 0.214. The molecule has 2 aromatic carbocycles. The van der Waals surface area contributed by atoms with Crippen LogP contribution in [0, 0.1) is 6.92 Å². The molecule has 4 heteroatoms. The zero-order valence-electron chi connectivity index (χ0n) is 13.2. The highest BCUT2D eigenvalue weighted by Gasteiger charge is 2.22. The van der Waals surface area contributed by atoms with E-state index in [2.05, 4.69) is 9.97 Å². The van der Waals surface area contributed by atoms with Gasteiger partial charge in [0.25, 0.3) is 0 Å². The molecule has 2 aromatic heterocycles. The minimum absolute atomic E-state index is 0.345. The Labute approximate surface area is 139 Å². The first-order valence-corrected chi connectivity index (χ1v) is 7.77. The van der Waals surface area contributed by atoms with Gasteiger partial charge in [0, 0.05) is 17.1 Å². The largest absolute Gasteiger partial charge is 0.478 e. The van der Waals surface area contributed by atoms with Crippen LogP contribution in [0.4, 0.5) is 0 Å². The molecule has 0 aliphatic carbocycles. The van der Waals surface area contributed by atoms with Gasteiger partial charge in [-0.2, -0.15) is 0 Å². The summed E-state index contributed by atoms with van der Waals surface area (Å²) in [6.45, 7) is 1.92. The number of aromatic nitrogens is 2. The van der Waals surface area contributed by atoms with Gasteiger partial charge in [0.15, 0.2) is 18.3 Å². The van der Waals surface area contributed by atoms with Gasteiger partial charge in [-0.25, -0.2) is 4.98 Å². The number of hydrogen-bond donors (Lipinski definition) is 0. The summed E-state index contributed by atoms with van der Waals surface area (Å²) in [6.07, 6.45) is 2.89. The maximum Gasteiger partial charge on any atom is 0.183 e. The van der Waals surface area contributed by atoms with Gasteiger partial charge in [-0.15, -0.1) is 0 Å². The highest BCUT2D eigenvalue weighted by molar-refractivity contribution is 5.79. The van der Waals surface area contributed by atoms with E-state index in [1.807, 2.05) is 67.6 Å². The molecule has 0 aliphatic heterocycles. The first-order chi connectivity index (χ1) is 11.8. The number of hydrogen-bond acceptors (Lipinski definition) is 4. The minimum atomic E-state index is -0.345. The third kappa shape index (κ3) is 2.74. The molecule has 24 heavy (non-hydrogen) atoms. The molecular formula is C20H16N2O2. The number of fused-ring (bicyclic) bond motifs is 1. The fourth-order valence-electron chi connectivity index (χ4n) is 2.73. The number of nitrogens with zero attached hydrogens (tertiary/aromatic N) is 2. The van der Waals surface area contributed by atoms with E-state index in [0.717, 1.165) is 27.9 Å². The highest BCUT2D eigenvalue weighted by Crippen LogP contribution is 2.31. The van der Waals surface area contributed by atoms with E-state index in [-0.39, 0.29) is 6.10 Å². The molecule has 0 N–H and O–H groups in total. The van der Waals surface area contributed by atoms with Gasteiger partial charge in [-0.05, 0) is 31.2 Å². The van der Waals surface area contributed by atoms with Crippen LogP contribution in [0.1, 0.15) is 23.1 Å². The van der Waals surface area contributed by atoms with Crippen molar-refractivity contribution >= 4 is 10.9 Å². The third-order valence-electron chi connectivity index (χ3n) is 3.95. The summed E-state index contributed by atoms with van der Waals surface area (Å²) in [5.74, 6) is 1.48. The van der Waals surface area contributed by atoms with Crippen molar-refractivity contribution in [2.75, 3.05) is 0 Å². The van der Waals surface area contributed by atoms with E-state index >= 15 is 0 Å². The summed E-state index contributed by atoms with van der Waals surface area (Å²) in [4.78, 5) is 8.54. The molecule has 0 aliphatic rings. The molecule has 0 saturated carbocycles. The van der Waals surface area contributed by atoms with Gasteiger partial charge in [0.1, 0.15) is 5.75 Å². The van der Waals surface area contributed by atoms with Gasteiger partial charge in [-0.3, -0.25) is 4.98 Å². The van der Waals surface area contributed by atoms with E-state index in [9.17, 15) is 0 Å². The average molecular weight is 316 g/mol. The smallest absolute Gasteiger partial charge is 0.183 e. The number of benzene rings is 2. The molecule has 4 nitrogen and oxygen atoms in total. The topological polar surface area (TPSA) is 48.2 Å². The van der Waals surface area contributed by atoms with Crippen LogP contribution in [-0.2, 0) is 0 Å². The monoisotopic (exact) mass is 316 g/mol. The SMILES string of the molecule is Cc1ncoc1C(Oc1ccc2ncccc2c1)c1ccccc1. The molecule has 4 aromatic rings.